The second-order valence-corrected chi connectivity index (χ2v) is 5.62. The molecule has 2 aromatic heterocycles. The van der Waals surface area contributed by atoms with Crippen molar-refractivity contribution in [2.45, 2.75) is 33.0 Å². The van der Waals surface area contributed by atoms with Gasteiger partial charge in [-0.3, -0.25) is 0 Å². The SMILES string of the molecule is CC(=Cc1ccc(Cl)[nH]1)c1nc(C(O)C(C)C(C)O)co1. The lowest BCUT2D eigenvalue weighted by Gasteiger charge is -2.18. The number of oxazole rings is 1. The Morgan fingerprint density at radius 3 is 2.67 bits per heavy atom. The van der Waals surface area contributed by atoms with E-state index in [-0.39, 0.29) is 5.92 Å². The standard InChI is InChI=1S/C15H19ClN2O3/c1-8(6-11-4-5-13(16)17-11)15-18-12(7-21-15)14(20)9(2)10(3)19/h4-7,9-10,14,17,19-20H,1-3H3. The third-order valence-electron chi connectivity index (χ3n) is 3.47. The van der Waals surface area contributed by atoms with Gasteiger partial charge < -0.3 is 19.6 Å². The molecule has 3 atom stereocenters. The smallest absolute Gasteiger partial charge is 0.221 e. The van der Waals surface area contributed by atoms with Gasteiger partial charge in [0.1, 0.15) is 23.2 Å². The zero-order valence-corrected chi connectivity index (χ0v) is 12.9. The first-order chi connectivity index (χ1) is 9.88. The summed E-state index contributed by atoms with van der Waals surface area (Å²) in [6.45, 7) is 5.25. The van der Waals surface area contributed by atoms with E-state index < -0.39 is 12.2 Å². The summed E-state index contributed by atoms with van der Waals surface area (Å²) in [5, 5.41) is 20.2. The van der Waals surface area contributed by atoms with Crippen molar-refractivity contribution in [1.82, 2.24) is 9.97 Å². The second-order valence-electron chi connectivity index (χ2n) is 5.21. The lowest BCUT2D eigenvalue weighted by atomic mass is 9.97. The van der Waals surface area contributed by atoms with Crippen LogP contribution in [0.5, 0.6) is 0 Å². The van der Waals surface area contributed by atoms with Crippen molar-refractivity contribution in [3.8, 4) is 0 Å². The monoisotopic (exact) mass is 310 g/mol. The molecule has 2 aromatic rings. The normalized spacial score (nSPS) is 16.8. The van der Waals surface area contributed by atoms with Gasteiger partial charge in [0, 0.05) is 17.2 Å². The van der Waals surface area contributed by atoms with Gasteiger partial charge >= 0.3 is 0 Å². The van der Waals surface area contributed by atoms with E-state index in [1.54, 1.807) is 19.9 Å². The molecule has 0 saturated carbocycles. The Balaban J connectivity index is 2.17. The van der Waals surface area contributed by atoms with E-state index in [0.29, 0.717) is 16.7 Å². The van der Waals surface area contributed by atoms with E-state index in [1.807, 2.05) is 19.1 Å². The number of aliphatic hydroxyl groups is 2. The third kappa shape index (κ3) is 3.75. The van der Waals surface area contributed by atoms with Crippen LogP contribution in [-0.2, 0) is 0 Å². The third-order valence-corrected chi connectivity index (χ3v) is 3.69. The Bertz CT molecular complexity index is 630. The molecule has 0 aromatic carbocycles. The Labute approximate surface area is 128 Å². The largest absolute Gasteiger partial charge is 0.444 e. The molecule has 3 N–H and O–H groups in total. The summed E-state index contributed by atoms with van der Waals surface area (Å²) in [7, 11) is 0. The number of allylic oxidation sites excluding steroid dienone is 1. The molecular weight excluding hydrogens is 292 g/mol. The first-order valence-corrected chi connectivity index (χ1v) is 7.11. The minimum Gasteiger partial charge on any atom is -0.444 e. The van der Waals surface area contributed by atoms with Crippen molar-refractivity contribution in [3.63, 3.8) is 0 Å². The first-order valence-electron chi connectivity index (χ1n) is 6.73. The van der Waals surface area contributed by atoms with Gasteiger partial charge in [-0.05, 0) is 32.1 Å². The van der Waals surface area contributed by atoms with Crippen LogP contribution < -0.4 is 0 Å². The average Bonchev–Trinajstić information content (AvgIpc) is 3.06. The van der Waals surface area contributed by atoms with E-state index in [4.69, 9.17) is 16.0 Å². The predicted octanol–water partition coefficient (Wildman–Crippen LogP) is 3.27. The average molecular weight is 311 g/mol. The Morgan fingerprint density at radius 1 is 1.38 bits per heavy atom. The minimum absolute atomic E-state index is 0.325. The number of aromatic nitrogens is 2. The van der Waals surface area contributed by atoms with Crippen LogP contribution >= 0.6 is 11.6 Å². The van der Waals surface area contributed by atoms with E-state index in [2.05, 4.69) is 9.97 Å². The van der Waals surface area contributed by atoms with E-state index >= 15 is 0 Å². The molecule has 5 nitrogen and oxygen atoms in total. The maximum atomic E-state index is 10.1. The number of aliphatic hydroxyl groups excluding tert-OH is 2. The second kappa shape index (κ2) is 6.47. The molecule has 0 fully saturated rings. The number of aromatic amines is 1. The zero-order chi connectivity index (χ0) is 15.6. The fourth-order valence-corrected chi connectivity index (χ4v) is 2.07. The number of halogens is 1. The number of nitrogens with one attached hydrogen (secondary N) is 1. The van der Waals surface area contributed by atoms with Crippen molar-refractivity contribution in [2.24, 2.45) is 5.92 Å². The maximum Gasteiger partial charge on any atom is 0.221 e. The zero-order valence-electron chi connectivity index (χ0n) is 12.2. The van der Waals surface area contributed by atoms with Crippen LogP contribution in [0.25, 0.3) is 11.6 Å². The van der Waals surface area contributed by atoms with Crippen LogP contribution in [0.15, 0.2) is 22.8 Å². The highest BCUT2D eigenvalue weighted by Gasteiger charge is 2.24. The molecule has 0 aliphatic heterocycles. The topological polar surface area (TPSA) is 82.3 Å². The number of H-pyrrole nitrogens is 1. The van der Waals surface area contributed by atoms with E-state index in [0.717, 1.165) is 11.3 Å². The highest BCUT2D eigenvalue weighted by Crippen LogP contribution is 2.26. The van der Waals surface area contributed by atoms with E-state index in [9.17, 15) is 10.2 Å². The van der Waals surface area contributed by atoms with Gasteiger partial charge in [0.25, 0.3) is 0 Å². The van der Waals surface area contributed by atoms with Crippen molar-refractivity contribution in [1.29, 1.82) is 0 Å². The minimum atomic E-state index is -0.866. The molecule has 0 amide bonds. The summed E-state index contributed by atoms with van der Waals surface area (Å²) in [6.07, 6.45) is 1.78. The molecule has 2 heterocycles. The maximum absolute atomic E-state index is 10.1. The van der Waals surface area contributed by atoms with Crippen molar-refractivity contribution < 1.29 is 14.6 Å². The molecule has 0 aliphatic rings. The van der Waals surface area contributed by atoms with Gasteiger partial charge in [-0.25, -0.2) is 4.98 Å². The molecule has 0 saturated heterocycles. The number of nitrogens with zero attached hydrogens (tertiary/aromatic N) is 1. The molecule has 2 rings (SSSR count). The van der Waals surface area contributed by atoms with Crippen LogP contribution in [0.4, 0.5) is 0 Å². The molecular formula is C15H19ClN2O3. The summed E-state index contributed by atoms with van der Waals surface area (Å²) < 4.78 is 5.39. The number of rotatable bonds is 5. The molecule has 0 aliphatic carbocycles. The van der Waals surface area contributed by atoms with Gasteiger partial charge in [-0.1, -0.05) is 18.5 Å². The summed E-state index contributed by atoms with van der Waals surface area (Å²) in [4.78, 5) is 7.25. The van der Waals surface area contributed by atoms with Gasteiger partial charge in [-0.2, -0.15) is 0 Å². The van der Waals surface area contributed by atoms with Gasteiger partial charge in [0.05, 0.1) is 6.10 Å². The lowest BCUT2D eigenvalue weighted by molar-refractivity contribution is 0.0283. The molecule has 0 radical (unpaired) electrons. The molecule has 21 heavy (non-hydrogen) atoms. The van der Waals surface area contributed by atoms with Crippen LogP contribution in [0.2, 0.25) is 5.15 Å². The van der Waals surface area contributed by atoms with Crippen molar-refractivity contribution >= 4 is 23.3 Å². The molecule has 114 valence electrons. The quantitative estimate of drug-likeness (QED) is 0.791. The van der Waals surface area contributed by atoms with Crippen LogP contribution in [-0.4, -0.2) is 26.3 Å². The Morgan fingerprint density at radius 2 is 2.10 bits per heavy atom. The van der Waals surface area contributed by atoms with Crippen molar-refractivity contribution in [3.05, 3.63) is 40.8 Å². The van der Waals surface area contributed by atoms with Crippen molar-refractivity contribution in [2.75, 3.05) is 0 Å². The molecule has 3 unspecified atom stereocenters. The number of hydrogen-bond donors (Lipinski definition) is 3. The summed E-state index contributed by atoms with van der Waals surface area (Å²) in [5.74, 6) is 0.0991. The first kappa shape index (κ1) is 15.8. The Hall–Kier alpha value is -1.56. The van der Waals surface area contributed by atoms with Gasteiger partial charge in [0.2, 0.25) is 5.89 Å². The fraction of sp³-hybridized carbons (Fsp3) is 0.400. The highest BCUT2D eigenvalue weighted by atomic mass is 35.5. The number of hydrogen-bond acceptors (Lipinski definition) is 4. The molecule has 0 bridgehead atoms. The fourth-order valence-electron chi connectivity index (χ4n) is 1.90. The lowest BCUT2D eigenvalue weighted by Crippen LogP contribution is -2.21. The molecule has 6 heteroatoms. The van der Waals surface area contributed by atoms with Crippen LogP contribution in [0, 0.1) is 5.92 Å². The summed E-state index contributed by atoms with van der Waals surface area (Å²) >= 11 is 5.82. The van der Waals surface area contributed by atoms with Crippen LogP contribution in [0.1, 0.15) is 44.2 Å². The Kier molecular flexibility index (Phi) is 4.88. The summed E-state index contributed by atoms with van der Waals surface area (Å²) in [6, 6.07) is 3.61. The van der Waals surface area contributed by atoms with Gasteiger partial charge in [0.15, 0.2) is 0 Å². The van der Waals surface area contributed by atoms with Gasteiger partial charge in [-0.15, -0.1) is 0 Å². The molecule has 0 spiro atoms. The summed E-state index contributed by atoms with van der Waals surface area (Å²) in [5.41, 5.74) is 2.06. The predicted molar refractivity (Wildman–Crippen MR) is 81.7 cm³/mol. The highest BCUT2D eigenvalue weighted by molar-refractivity contribution is 6.29. The van der Waals surface area contributed by atoms with E-state index in [1.165, 1.54) is 6.26 Å². The van der Waals surface area contributed by atoms with Crippen LogP contribution in [0.3, 0.4) is 0 Å².